The number of rotatable bonds is 6. The lowest BCUT2D eigenvalue weighted by Crippen LogP contribution is -2.48. The molecular formula is C18H28N2O2S. The highest BCUT2D eigenvalue weighted by Crippen LogP contribution is 2.34. The van der Waals surface area contributed by atoms with Gasteiger partial charge in [0.2, 0.25) is 0 Å². The third kappa shape index (κ3) is 5.15. The summed E-state index contributed by atoms with van der Waals surface area (Å²) in [5.41, 5.74) is 1.29. The summed E-state index contributed by atoms with van der Waals surface area (Å²) < 4.78 is 0. The zero-order valence-electron chi connectivity index (χ0n) is 14.2. The first-order chi connectivity index (χ1) is 11.1. The maximum absolute atomic E-state index is 12.2. The molecule has 1 aromatic rings. The van der Waals surface area contributed by atoms with Gasteiger partial charge in [-0.3, -0.25) is 0 Å². The second kappa shape index (κ2) is 8.60. The Bertz CT molecular complexity index is 490. The Balaban J connectivity index is 1.66. The van der Waals surface area contributed by atoms with Crippen LogP contribution in [0, 0.1) is 12.3 Å². The number of thioether (sulfide) groups is 1. The average Bonchev–Trinajstić information content (AvgIpc) is 2.60. The highest BCUT2D eigenvalue weighted by molar-refractivity contribution is 7.99. The van der Waals surface area contributed by atoms with Gasteiger partial charge in [0.15, 0.2) is 0 Å². The number of carbonyl (C=O) groups excluding carboxylic acids is 1. The minimum atomic E-state index is 0.0251. The van der Waals surface area contributed by atoms with Crippen molar-refractivity contribution >= 4 is 17.8 Å². The van der Waals surface area contributed by atoms with Crippen LogP contribution >= 0.6 is 11.8 Å². The molecule has 128 valence electrons. The first-order valence-electron chi connectivity index (χ1n) is 8.42. The molecule has 5 heteroatoms. The van der Waals surface area contributed by atoms with Crippen molar-refractivity contribution in [3.8, 4) is 0 Å². The van der Waals surface area contributed by atoms with E-state index in [9.17, 15) is 9.90 Å². The number of nitrogens with zero attached hydrogens (tertiary/aromatic N) is 1. The van der Waals surface area contributed by atoms with Crippen molar-refractivity contribution in [3.63, 3.8) is 0 Å². The van der Waals surface area contributed by atoms with E-state index in [2.05, 4.69) is 43.4 Å². The second-order valence-electron chi connectivity index (χ2n) is 6.39. The van der Waals surface area contributed by atoms with Gasteiger partial charge in [-0.25, -0.2) is 4.79 Å². The number of likely N-dealkylation sites (tertiary alicyclic amines) is 1. The number of hydrogen-bond acceptors (Lipinski definition) is 3. The maximum atomic E-state index is 12.2. The molecular weight excluding hydrogens is 308 g/mol. The van der Waals surface area contributed by atoms with E-state index in [-0.39, 0.29) is 18.1 Å². The number of piperidine rings is 1. The monoisotopic (exact) mass is 336 g/mol. The summed E-state index contributed by atoms with van der Waals surface area (Å²) in [5, 5.41) is 12.5. The molecule has 0 spiro atoms. The minimum Gasteiger partial charge on any atom is -0.396 e. The molecule has 1 aromatic carbocycles. The van der Waals surface area contributed by atoms with Crippen LogP contribution in [0.4, 0.5) is 4.79 Å². The first-order valence-corrected chi connectivity index (χ1v) is 9.40. The zero-order valence-corrected chi connectivity index (χ0v) is 15.0. The van der Waals surface area contributed by atoms with Gasteiger partial charge in [0.05, 0.1) is 0 Å². The number of hydrogen-bond donors (Lipinski definition) is 2. The van der Waals surface area contributed by atoms with Crippen LogP contribution < -0.4 is 5.32 Å². The van der Waals surface area contributed by atoms with Crippen molar-refractivity contribution in [2.45, 2.75) is 38.0 Å². The third-order valence-corrected chi connectivity index (χ3v) is 5.88. The molecule has 23 heavy (non-hydrogen) atoms. The van der Waals surface area contributed by atoms with Crippen LogP contribution in [0.15, 0.2) is 29.2 Å². The molecule has 0 saturated carbocycles. The first kappa shape index (κ1) is 18.1. The van der Waals surface area contributed by atoms with Crippen LogP contribution in [-0.2, 0) is 0 Å². The lowest BCUT2D eigenvalue weighted by molar-refractivity contribution is 0.0521. The normalized spacial score (nSPS) is 17.1. The average molecular weight is 337 g/mol. The summed E-state index contributed by atoms with van der Waals surface area (Å²) in [4.78, 5) is 15.3. The van der Waals surface area contributed by atoms with Gasteiger partial charge in [-0.2, -0.15) is 0 Å². The Morgan fingerprint density at radius 2 is 1.96 bits per heavy atom. The summed E-state index contributed by atoms with van der Waals surface area (Å²) in [6.07, 6.45) is 2.77. The Labute approximate surface area is 143 Å². The van der Waals surface area contributed by atoms with E-state index in [1.54, 1.807) is 11.8 Å². The molecule has 0 aliphatic carbocycles. The van der Waals surface area contributed by atoms with Gasteiger partial charge < -0.3 is 15.3 Å². The number of carbonyl (C=O) groups is 1. The van der Waals surface area contributed by atoms with E-state index < -0.39 is 0 Å². The topological polar surface area (TPSA) is 52.6 Å². The number of aryl methyl sites for hydroxylation is 1. The van der Waals surface area contributed by atoms with Gasteiger partial charge in [-0.1, -0.05) is 24.6 Å². The molecule has 0 atom stereocenters. The van der Waals surface area contributed by atoms with Gasteiger partial charge in [0.25, 0.3) is 0 Å². The van der Waals surface area contributed by atoms with E-state index in [0.29, 0.717) is 6.54 Å². The van der Waals surface area contributed by atoms with Gasteiger partial charge in [0, 0.05) is 36.9 Å². The van der Waals surface area contributed by atoms with E-state index >= 15 is 0 Å². The fraction of sp³-hybridized carbons (Fsp3) is 0.611. The molecule has 0 bridgehead atoms. The smallest absolute Gasteiger partial charge is 0.317 e. The summed E-state index contributed by atoms with van der Waals surface area (Å²) in [7, 11) is 0. The third-order valence-electron chi connectivity index (χ3n) is 4.86. The predicted molar refractivity (Wildman–Crippen MR) is 95.9 cm³/mol. The SMILES string of the molecule is CCC1(CO)CCN(C(=O)NCCSc2ccc(C)cc2)CC1. The molecule has 1 fully saturated rings. The molecule has 1 saturated heterocycles. The van der Waals surface area contributed by atoms with Gasteiger partial charge in [-0.05, 0) is 43.7 Å². The number of aliphatic hydroxyl groups is 1. The highest BCUT2D eigenvalue weighted by Gasteiger charge is 2.33. The lowest BCUT2D eigenvalue weighted by Gasteiger charge is -2.40. The van der Waals surface area contributed by atoms with Crippen molar-refractivity contribution in [2.24, 2.45) is 5.41 Å². The number of aliphatic hydroxyl groups excluding tert-OH is 1. The summed E-state index contributed by atoms with van der Waals surface area (Å²) in [5.74, 6) is 0.873. The van der Waals surface area contributed by atoms with E-state index in [1.807, 2.05) is 4.90 Å². The van der Waals surface area contributed by atoms with Gasteiger partial charge in [-0.15, -0.1) is 11.8 Å². The summed E-state index contributed by atoms with van der Waals surface area (Å²) in [6, 6.07) is 8.47. The lowest BCUT2D eigenvalue weighted by atomic mass is 9.77. The molecule has 2 amide bonds. The van der Waals surface area contributed by atoms with Crippen LogP contribution in [0.5, 0.6) is 0 Å². The van der Waals surface area contributed by atoms with Gasteiger partial charge in [0.1, 0.15) is 0 Å². The molecule has 2 N–H and O–H groups in total. The van der Waals surface area contributed by atoms with Crippen molar-refractivity contribution in [3.05, 3.63) is 29.8 Å². The quantitative estimate of drug-likeness (QED) is 0.619. The highest BCUT2D eigenvalue weighted by atomic mass is 32.2. The van der Waals surface area contributed by atoms with E-state index in [4.69, 9.17) is 0 Å². The maximum Gasteiger partial charge on any atom is 0.317 e. The van der Waals surface area contributed by atoms with Crippen LogP contribution in [-0.4, -0.2) is 48.0 Å². The van der Waals surface area contributed by atoms with Crippen molar-refractivity contribution in [2.75, 3.05) is 32.0 Å². The number of benzene rings is 1. The molecule has 4 nitrogen and oxygen atoms in total. The standard InChI is InChI=1S/C18H28N2O2S/c1-3-18(14-21)8-11-20(12-9-18)17(22)19-10-13-23-16-6-4-15(2)5-7-16/h4-7,21H,3,8-14H2,1-2H3,(H,19,22). The van der Waals surface area contributed by atoms with Gasteiger partial charge >= 0.3 is 6.03 Å². The minimum absolute atomic E-state index is 0.0251. The fourth-order valence-electron chi connectivity index (χ4n) is 2.88. The molecule has 1 aliphatic heterocycles. The number of nitrogens with one attached hydrogen (secondary N) is 1. The molecule has 2 rings (SSSR count). The van der Waals surface area contributed by atoms with Crippen molar-refractivity contribution in [1.29, 1.82) is 0 Å². The van der Waals surface area contributed by atoms with Crippen molar-refractivity contribution in [1.82, 2.24) is 10.2 Å². The Kier molecular flexibility index (Phi) is 6.78. The molecule has 1 aliphatic rings. The summed E-state index contributed by atoms with van der Waals surface area (Å²) >= 11 is 1.76. The van der Waals surface area contributed by atoms with Crippen molar-refractivity contribution < 1.29 is 9.90 Å². The Morgan fingerprint density at radius 1 is 1.30 bits per heavy atom. The molecule has 0 radical (unpaired) electrons. The Hall–Kier alpha value is -1.20. The molecule has 1 heterocycles. The molecule has 0 unspecified atom stereocenters. The summed E-state index contributed by atoms with van der Waals surface area (Å²) in [6.45, 7) is 6.58. The predicted octanol–water partition coefficient (Wildman–Crippen LogP) is 3.28. The number of amides is 2. The van der Waals surface area contributed by atoms with Crippen LogP contribution in [0.1, 0.15) is 31.7 Å². The molecule has 0 aromatic heterocycles. The van der Waals surface area contributed by atoms with E-state index in [1.165, 1.54) is 10.5 Å². The fourth-order valence-corrected chi connectivity index (χ4v) is 3.65. The number of urea groups is 1. The van der Waals surface area contributed by atoms with E-state index in [0.717, 1.165) is 38.1 Å². The largest absolute Gasteiger partial charge is 0.396 e. The zero-order chi connectivity index (χ0) is 16.7. The second-order valence-corrected chi connectivity index (χ2v) is 7.56. The van der Waals surface area contributed by atoms with Crippen LogP contribution in [0.25, 0.3) is 0 Å². The van der Waals surface area contributed by atoms with Crippen LogP contribution in [0.2, 0.25) is 0 Å². The Morgan fingerprint density at radius 3 is 2.52 bits per heavy atom. The van der Waals surface area contributed by atoms with Crippen LogP contribution in [0.3, 0.4) is 0 Å².